The molecule has 0 bridgehead atoms. The molecule has 0 saturated carbocycles. The monoisotopic (exact) mass is 317 g/mol. The third-order valence-electron chi connectivity index (χ3n) is 4.23. The molecule has 124 valence electrons. The van der Waals surface area contributed by atoms with Gasteiger partial charge in [-0.05, 0) is 20.3 Å². The van der Waals surface area contributed by atoms with Crippen molar-refractivity contribution in [3.8, 4) is 0 Å². The topological polar surface area (TPSA) is 67.4 Å². The van der Waals surface area contributed by atoms with Gasteiger partial charge in [-0.1, -0.05) is 0 Å². The molecule has 1 aliphatic rings. The molecule has 0 aromatic carbocycles. The second-order valence-corrected chi connectivity index (χ2v) is 5.89. The molecule has 1 amide bonds. The van der Waals surface area contributed by atoms with Crippen LogP contribution in [0.2, 0.25) is 0 Å². The number of oxazole rings is 1. The second-order valence-electron chi connectivity index (χ2n) is 5.89. The molecule has 0 unspecified atom stereocenters. The first kappa shape index (κ1) is 15.7. The van der Waals surface area contributed by atoms with E-state index in [-0.39, 0.29) is 5.91 Å². The average Bonchev–Trinajstić information content (AvgIpc) is 3.11. The molecule has 7 nitrogen and oxygen atoms in total. The van der Waals surface area contributed by atoms with Crippen molar-refractivity contribution < 1.29 is 9.21 Å². The highest BCUT2D eigenvalue weighted by molar-refractivity contribution is 5.92. The van der Waals surface area contributed by atoms with Crippen molar-refractivity contribution in [3.63, 3.8) is 0 Å². The molecular weight excluding hydrogens is 294 g/mol. The van der Waals surface area contributed by atoms with E-state index in [2.05, 4.69) is 28.1 Å². The molecule has 0 atom stereocenters. The van der Waals surface area contributed by atoms with Crippen molar-refractivity contribution in [1.29, 1.82) is 0 Å². The second kappa shape index (κ2) is 6.95. The minimum atomic E-state index is -0.0550. The Morgan fingerprint density at radius 2 is 2.17 bits per heavy atom. The quantitative estimate of drug-likeness (QED) is 0.856. The van der Waals surface area contributed by atoms with Crippen molar-refractivity contribution >= 4 is 5.91 Å². The number of hydrogen-bond donors (Lipinski definition) is 0. The summed E-state index contributed by atoms with van der Waals surface area (Å²) in [7, 11) is 0. The maximum atomic E-state index is 12.5. The van der Waals surface area contributed by atoms with E-state index in [9.17, 15) is 4.79 Å². The van der Waals surface area contributed by atoms with Gasteiger partial charge in [-0.15, -0.1) is 0 Å². The molecule has 2 aromatic rings. The summed E-state index contributed by atoms with van der Waals surface area (Å²) in [5.41, 5.74) is 1.88. The summed E-state index contributed by atoms with van der Waals surface area (Å²) >= 11 is 0. The Labute approximate surface area is 135 Å². The van der Waals surface area contributed by atoms with Gasteiger partial charge < -0.3 is 9.32 Å². The van der Waals surface area contributed by atoms with Crippen molar-refractivity contribution in [2.24, 2.45) is 0 Å². The van der Waals surface area contributed by atoms with E-state index in [1.54, 1.807) is 6.92 Å². The smallest absolute Gasteiger partial charge is 0.291 e. The summed E-state index contributed by atoms with van der Waals surface area (Å²) in [6, 6.07) is 0. The summed E-state index contributed by atoms with van der Waals surface area (Å²) in [4.78, 5) is 20.7. The molecule has 3 heterocycles. The van der Waals surface area contributed by atoms with Crippen LogP contribution in [0, 0.1) is 6.92 Å². The van der Waals surface area contributed by atoms with E-state index < -0.39 is 0 Å². The molecule has 7 heteroatoms. The zero-order valence-electron chi connectivity index (χ0n) is 13.7. The van der Waals surface area contributed by atoms with Crippen LogP contribution >= 0.6 is 0 Å². The zero-order chi connectivity index (χ0) is 16.2. The number of aryl methyl sites for hydroxylation is 2. The minimum Gasteiger partial charge on any atom is -0.438 e. The van der Waals surface area contributed by atoms with Crippen molar-refractivity contribution in [3.05, 3.63) is 35.8 Å². The van der Waals surface area contributed by atoms with Gasteiger partial charge >= 0.3 is 0 Å². The molecular formula is C16H23N5O2. The number of nitrogens with zero attached hydrogens (tertiary/aromatic N) is 5. The van der Waals surface area contributed by atoms with Crippen LogP contribution in [0.25, 0.3) is 0 Å². The van der Waals surface area contributed by atoms with Crippen LogP contribution in [0.15, 0.2) is 23.2 Å². The number of hydrogen-bond acceptors (Lipinski definition) is 5. The normalized spacial score (nSPS) is 16.5. The first-order valence-electron chi connectivity index (χ1n) is 8.10. The highest BCUT2D eigenvalue weighted by Gasteiger charge is 2.24. The van der Waals surface area contributed by atoms with E-state index in [1.165, 1.54) is 12.0 Å². The molecule has 3 rings (SSSR count). The van der Waals surface area contributed by atoms with Crippen LogP contribution in [0.4, 0.5) is 0 Å². The number of carbonyl (C=O) groups excluding carboxylic acids is 1. The first-order valence-corrected chi connectivity index (χ1v) is 8.10. The van der Waals surface area contributed by atoms with Crippen molar-refractivity contribution in [1.82, 2.24) is 24.6 Å². The maximum Gasteiger partial charge on any atom is 0.291 e. The minimum absolute atomic E-state index is 0.0550. The predicted molar refractivity (Wildman–Crippen MR) is 84.9 cm³/mol. The first-order chi connectivity index (χ1) is 11.2. The molecule has 0 N–H and O–H groups in total. The number of rotatable bonds is 4. The molecule has 1 aliphatic heterocycles. The summed E-state index contributed by atoms with van der Waals surface area (Å²) in [5, 5.41) is 4.32. The Morgan fingerprint density at radius 3 is 2.87 bits per heavy atom. The van der Waals surface area contributed by atoms with Gasteiger partial charge in [-0.3, -0.25) is 14.4 Å². The SMILES string of the molecule is CCn1cc(CN2CCCN(C(=O)c3ocnc3C)CC2)cn1. The van der Waals surface area contributed by atoms with Crippen molar-refractivity contribution in [2.75, 3.05) is 26.2 Å². The number of carbonyl (C=O) groups is 1. The zero-order valence-corrected chi connectivity index (χ0v) is 13.7. The number of aromatic nitrogens is 3. The van der Waals surface area contributed by atoms with Crippen LogP contribution in [0.1, 0.15) is 35.2 Å². The van der Waals surface area contributed by atoms with E-state index >= 15 is 0 Å². The van der Waals surface area contributed by atoms with Crippen LogP contribution in [0.5, 0.6) is 0 Å². The highest BCUT2D eigenvalue weighted by atomic mass is 16.3. The molecule has 1 fully saturated rings. The summed E-state index contributed by atoms with van der Waals surface area (Å²) < 4.78 is 7.17. The maximum absolute atomic E-state index is 12.5. The lowest BCUT2D eigenvalue weighted by atomic mass is 10.3. The van der Waals surface area contributed by atoms with Gasteiger partial charge in [-0.2, -0.15) is 5.10 Å². The highest BCUT2D eigenvalue weighted by Crippen LogP contribution is 2.13. The molecule has 2 aromatic heterocycles. The van der Waals surface area contributed by atoms with Gasteiger partial charge in [0.25, 0.3) is 5.91 Å². The fourth-order valence-electron chi connectivity index (χ4n) is 2.90. The van der Waals surface area contributed by atoms with Gasteiger partial charge in [0.15, 0.2) is 6.39 Å². The fraction of sp³-hybridized carbons (Fsp3) is 0.562. The van der Waals surface area contributed by atoms with Gasteiger partial charge in [0, 0.05) is 51.0 Å². The Morgan fingerprint density at radius 1 is 1.30 bits per heavy atom. The standard InChI is InChI=1S/C16H23N5O2/c1-3-21-11-14(9-18-21)10-19-5-4-6-20(8-7-19)16(22)15-13(2)17-12-23-15/h9,11-12H,3-8,10H2,1-2H3. The lowest BCUT2D eigenvalue weighted by Crippen LogP contribution is -2.35. The van der Waals surface area contributed by atoms with Crippen LogP contribution in [-0.2, 0) is 13.1 Å². The Balaban J connectivity index is 1.58. The molecule has 1 saturated heterocycles. The van der Waals surface area contributed by atoms with E-state index in [4.69, 9.17) is 4.42 Å². The molecule has 0 radical (unpaired) electrons. The van der Waals surface area contributed by atoms with Crippen LogP contribution < -0.4 is 0 Å². The van der Waals surface area contributed by atoms with Gasteiger partial charge in [0.2, 0.25) is 5.76 Å². The third kappa shape index (κ3) is 3.61. The lowest BCUT2D eigenvalue weighted by molar-refractivity contribution is 0.0728. The molecule has 23 heavy (non-hydrogen) atoms. The third-order valence-corrected chi connectivity index (χ3v) is 4.23. The van der Waals surface area contributed by atoms with E-state index in [0.29, 0.717) is 18.0 Å². The van der Waals surface area contributed by atoms with Crippen LogP contribution in [-0.4, -0.2) is 56.7 Å². The molecule has 0 spiro atoms. The average molecular weight is 317 g/mol. The van der Waals surface area contributed by atoms with E-state index in [0.717, 1.165) is 39.1 Å². The molecule has 0 aliphatic carbocycles. The van der Waals surface area contributed by atoms with Crippen LogP contribution in [0.3, 0.4) is 0 Å². The van der Waals surface area contributed by atoms with Gasteiger partial charge in [-0.25, -0.2) is 4.98 Å². The van der Waals surface area contributed by atoms with Gasteiger partial charge in [0.1, 0.15) is 0 Å². The largest absolute Gasteiger partial charge is 0.438 e. The Bertz CT molecular complexity index is 663. The fourth-order valence-corrected chi connectivity index (χ4v) is 2.90. The summed E-state index contributed by atoms with van der Waals surface area (Å²) in [6.07, 6.45) is 6.31. The Kier molecular flexibility index (Phi) is 4.76. The van der Waals surface area contributed by atoms with Gasteiger partial charge in [0.05, 0.1) is 11.9 Å². The number of amides is 1. The van der Waals surface area contributed by atoms with Crippen molar-refractivity contribution in [2.45, 2.75) is 33.4 Å². The van der Waals surface area contributed by atoms with E-state index in [1.807, 2.05) is 15.8 Å². The summed E-state index contributed by atoms with van der Waals surface area (Å²) in [5.74, 6) is 0.309. The Hall–Kier alpha value is -2.15. The summed E-state index contributed by atoms with van der Waals surface area (Å²) in [6.45, 7) is 8.95. The lowest BCUT2D eigenvalue weighted by Gasteiger charge is -2.21. The predicted octanol–water partition coefficient (Wildman–Crippen LogP) is 1.55.